The number of carbonyl (C=O) groups excluding carboxylic acids is 3. The summed E-state index contributed by atoms with van der Waals surface area (Å²) in [6.07, 6.45) is -0.673. The summed E-state index contributed by atoms with van der Waals surface area (Å²) in [5, 5.41) is 26.6. The van der Waals surface area contributed by atoms with E-state index < -0.39 is 29.0 Å². The predicted molar refractivity (Wildman–Crippen MR) is 182 cm³/mol. The van der Waals surface area contributed by atoms with Crippen LogP contribution in [0.15, 0.2) is 91.0 Å². The van der Waals surface area contributed by atoms with Crippen molar-refractivity contribution in [3.63, 3.8) is 0 Å². The Kier molecular flexibility index (Phi) is 9.67. The average Bonchev–Trinajstić information content (AvgIpc) is 3.50. The monoisotopic (exact) mass is 649 g/mol. The predicted octanol–water partition coefficient (Wildman–Crippen LogP) is 3.64. The molecule has 0 radical (unpaired) electrons. The highest BCUT2D eigenvalue weighted by atomic mass is 16.6. The van der Waals surface area contributed by atoms with Gasteiger partial charge >= 0.3 is 0 Å². The standard InChI is InChI=1S/C37H39N5O6/c1-25-6-2-5-9-33(25)39-16-18-40(19-17-39)37(46)32(21-27-10-13-28-7-3-4-8-29(28)20-27)38-36(45)34-23-31(43)24-41(34)35(44)22-26-11-14-30(15-12-26)42(47)48/h2-15,20,31-32,34,43H,16-19,21-24H2,1H3,(H,38,45)/t31-,32?,34?/m1/s1. The van der Waals surface area contributed by atoms with Crippen LogP contribution in [0.2, 0.25) is 0 Å². The topological polar surface area (TPSA) is 136 Å². The van der Waals surface area contributed by atoms with Gasteiger partial charge in [0.15, 0.2) is 0 Å². The highest BCUT2D eigenvalue weighted by Gasteiger charge is 2.40. The molecule has 4 aromatic carbocycles. The first-order chi connectivity index (χ1) is 23.2. The molecule has 11 heteroatoms. The third kappa shape index (κ3) is 7.31. The second kappa shape index (κ2) is 14.2. The lowest BCUT2D eigenvalue weighted by molar-refractivity contribution is -0.384. The fourth-order valence-electron chi connectivity index (χ4n) is 6.73. The number of rotatable bonds is 9. The van der Waals surface area contributed by atoms with E-state index in [-0.39, 0.29) is 43.3 Å². The summed E-state index contributed by atoms with van der Waals surface area (Å²) in [7, 11) is 0. The summed E-state index contributed by atoms with van der Waals surface area (Å²) in [4.78, 5) is 57.3. The summed E-state index contributed by atoms with van der Waals surface area (Å²) in [6.45, 7) is 4.37. The number of amides is 3. The number of aliphatic hydroxyl groups excluding tert-OH is 1. The minimum Gasteiger partial charge on any atom is -0.391 e. The molecule has 2 unspecified atom stereocenters. The Morgan fingerprint density at radius 3 is 2.27 bits per heavy atom. The summed E-state index contributed by atoms with van der Waals surface area (Å²) in [6, 6.07) is 25.9. The molecule has 2 aliphatic heterocycles. The highest BCUT2D eigenvalue weighted by molar-refractivity contribution is 5.93. The minimum absolute atomic E-state index is 0.0198. The fourth-order valence-corrected chi connectivity index (χ4v) is 6.73. The van der Waals surface area contributed by atoms with E-state index in [2.05, 4.69) is 29.3 Å². The molecule has 48 heavy (non-hydrogen) atoms. The smallest absolute Gasteiger partial charge is 0.269 e. The number of aliphatic hydroxyl groups is 1. The van der Waals surface area contributed by atoms with Crippen LogP contribution >= 0.6 is 0 Å². The van der Waals surface area contributed by atoms with Crippen molar-refractivity contribution in [2.75, 3.05) is 37.6 Å². The van der Waals surface area contributed by atoms with Gasteiger partial charge in [0, 0.05) is 63.4 Å². The van der Waals surface area contributed by atoms with Gasteiger partial charge < -0.3 is 25.1 Å². The number of nitro benzene ring substituents is 1. The molecular weight excluding hydrogens is 610 g/mol. The lowest BCUT2D eigenvalue weighted by atomic mass is 10.00. The number of likely N-dealkylation sites (tertiary alicyclic amines) is 1. The van der Waals surface area contributed by atoms with Gasteiger partial charge in [0.1, 0.15) is 12.1 Å². The van der Waals surface area contributed by atoms with Crippen LogP contribution in [0.5, 0.6) is 0 Å². The van der Waals surface area contributed by atoms with Crippen LogP contribution in [0, 0.1) is 17.0 Å². The van der Waals surface area contributed by atoms with Crippen molar-refractivity contribution in [3.8, 4) is 0 Å². The molecule has 0 bridgehead atoms. The molecule has 0 spiro atoms. The molecule has 3 atom stereocenters. The van der Waals surface area contributed by atoms with Crippen LogP contribution in [0.3, 0.4) is 0 Å². The third-order valence-corrected chi connectivity index (χ3v) is 9.32. The molecule has 2 fully saturated rings. The molecule has 0 aromatic heterocycles. The maximum absolute atomic E-state index is 14.1. The first kappa shape index (κ1) is 32.6. The van der Waals surface area contributed by atoms with Crippen LogP contribution in [0.1, 0.15) is 23.1 Å². The lowest BCUT2D eigenvalue weighted by Gasteiger charge is -2.38. The zero-order chi connectivity index (χ0) is 33.8. The first-order valence-electron chi connectivity index (χ1n) is 16.2. The van der Waals surface area contributed by atoms with Crippen LogP contribution in [-0.2, 0) is 27.2 Å². The number of non-ortho nitro benzene ring substituents is 1. The normalized spacial score (nSPS) is 18.5. The Balaban J connectivity index is 1.19. The fraction of sp³-hybridized carbons (Fsp3) is 0.324. The summed E-state index contributed by atoms with van der Waals surface area (Å²) < 4.78 is 0. The van der Waals surface area contributed by atoms with Gasteiger partial charge in [-0.1, -0.05) is 72.8 Å². The Labute approximate surface area is 278 Å². The Morgan fingerprint density at radius 1 is 0.896 bits per heavy atom. The molecule has 6 rings (SSSR count). The maximum Gasteiger partial charge on any atom is 0.269 e. The van der Waals surface area contributed by atoms with Crippen molar-refractivity contribution in [3.05, 3.63) is 118 Å². The van der Waals surface area contributed by atoms with Gasteiger partial charge in [-0.05, 0) is 40.5 Å². The van der Waals surface area contributed by atoms with Crippen molar-refractivity contribution in [2.45, 2.75) is 44.4 Å². The summed E-state index contributed by atoms with van der Waals surface area (Å²) >= 11 is 0. The average molecular weight is 650 g/mol. The van der Waals surface area contributed by atoms with Crippen LogP contribution in [0.25, 0.3) is 10.8 Å². The Hall–Kier alpha value is -5.29. The number of para-hydroxylation sites is 1. The molecule has 0 saturated carbocycles. The van der Waals surface area contributed by atoms with Gasteiger partial charge in [-0.3, -0.25) is 24.5 Å². The molecular formula is C37H39N5O6. The van der Waals surface area contributed by atoms with Crippen molar-refractivity contribution < 1.29 is 24.4 Å². The zero-order valence-corrected chi connectivity index (χ0v) is 26.8. The van der Waals surface area contributed by atoms with E-state index in [9.17, 15) is 29.6 Å². The van der Waals surface area contributed by atoms with Crippen molar-refractivity contribution in [1.29, 1.82) is 0 Å². The molecule has 2 aliphatic rings. The van der Waals surface area contributed by atoms with E-state index in [1.54, 1.807) is 4.90 Å². The molecule has 248 valence electrons. The number of hydrogen-bond acceptors (Lipinski definition) is 7. The van der Waals surface area contributed by atoms with E-state index in [1.807, 2.05) is 54.6 Å². The second-order valence-corrected chi connectivity index (χ2v) is 12.6. The third-order valence-electron chi connectivity index (χ3n) is 9.32. The zero-order valence-electron chi connectivity index (χ0n) is 26.8. The number of nitrogens with one attached hydrogen (secondary N) is 1. The number of fused-ring (bicyclic) bond motifs is 1. The number of β-amino-alcohol motifs (C(OH)–C–C–N with tert-alkyl or cyclic N) is 1. The first-order valence-corrected chi connectivity index (χ1v) is 16.2. The van der Waals surface area contributed by atoms with E-state index in [1.165, 1.54) is 34.7 Å². The molecule has 2 heterocycles. The van der Waals surface area contributed by atoms with Gasteiger partial charge in [-0.2, -0.15) is 0 Å². The van der Waals surface area contributed by atoms with Gasteiger partial charge in [0.2, 0.25) is 17.7 Å². The number of piperazine rings is 1. The van der Waals surface area contributed by atoms with Crippen molar-refractivity contribution in [2.24, 2.45) is 0 Å². The number of nitro groups is 1. The van der Waals surface area contributed by atoms with E-state index in [0.29, 0.717) is 31.7 Å². The van der Waals surface area contributed by atoms with Gasteiger partial charge in [0.25, 0.3) is 5.69 Å². The second-order valence-electron chi connectivity index (χ2n) is 12.6. The number of benzene rings is 4. The number of hydrogen-bond donors (Lipinski definition) is 2. The lowest BCUT2D eigenvalue weighted by Crippen LogP contribution is -2.58. The van der Waals surface area contributed by atoms with Crippen molar-refractivity contribution >= 4 is 39.9 Å². The summed E-state index contributed by atoms with van der Waals surface area (Å²) in [5.41, 5.74) is 3.68. The van der Waals surface area contributed by atoms with E-state index in [4.69, 9.17) is 0 Å². The number of nitrogens with zero attached hydrogens (tertiary/aromatic N) is 4. The van der Waals surface area contributed by atoms with Crippen LogP contribution in [0.4, 0.5) is 11.4 Å². The van der Waals surface area contributed by atoms with E-state index in [0.717, 1.165) is 22.0 Å². The quantitative estimate of drug-likeness (QED) is 0.209. The molecule has 0 aliphatic carbocycles. The number of carbonyl (C=O) groups is 3. The Bertz CT molecular complexity index is 1820. The Morgan fingerprint density at radius 2 is 1.56 bits per heavy atom. The SMILES string of the molecule is Cc1ccccc1N1CCN(C(=O)C(Cc2ccc3ccccc3c2)NC(=O)C2C[C@@H](O)CN2C(=O)Cc2ccc([N+](=O)[O-])cc2)CC1. The summed E-state index contributed by atoms with van der Waals surface area (Å²) in [5.74, 6) is -1.07. The van der Waals surface area contributed by atoms with Crippen molar-refractivity contribution in [1.82, 2.24) is 15.1 Å². The minimum atomic E-state index is -0.963. The number of aryl methyl sites for hydroxylation is 1. The van der Waals surface area contributed by atoms with Gasteiger partial charge in [-0.15, -0.1) is 0 Å². The molecule has 2 saturated heterocycles. The number of anilines is 1. The van der Waals surface area contributed by atoms with Crippen LogP contribution < -0.4 is 10.2 Å². The highest BCUT2D eigenvalue weighted by Crippen LogP contribution is 2.24. The van der Waals surface area contributed by atoms with Gasteiger partial charge in [0.05, 0.1) is 17.4 Å². The molecule has 3 amide bonds. The van der Waals surface area contributed by atoms with E-state index >= 15 is 0 Å². The molecule has 4 aromatic rings. The van der Waals surface area contributed by atoms with Gasteiger partial charge in [-0.25, -0.2) is 0 Å². The molecule has 11 nitrogen and oxygen atoms in total. The van der Waals surface area contributed by atoms with Crippen LogP contribution in [-0.4, -0.2) is 88.5 Å². The maximum atomic E-state index is 14.1. The largest absolute Gasteiger partial charge is 0.391 e. The molecule has 2 N–H and O–H groups in total.